The first kappa shape index (κ1) is 15.8. The Labute approximate surface area is 143 Å². The van der Waals surface area contributed by atoms with Crippen LogP contribution in [0.15, 0.2) is 12.1 Å². The second kappa shape index (κ2) is 5.99. The molecule has 0 unspecified atom stereocenters. The van der Waals surface area contributed by atoms with Crippen LogP contribution in [0.5, 0.6) is 0 Å². The fraction of sp³-hybridized carbons (Fsp3) is 0.722. The number of hydrogen-bond donors (Lipinski definition) is 1. The van der Waals surface area contributed by atoms with E-state index in [9.17, 15) is 0 Å². The third kappa shape index (κ3) is 3.11. The van der Waals surface area contributed by atoms with Crippen LogP contribution in [0.3, 0.4) is 0 Å². The van der Waals surface area contributed by atoms with E-state index in [1.54, 1.807) is 0 Å². The summed E-state index contributed by atoms with van der Waals surface area (Å²) in [5, 5.41) is 16.7. The van der Waals surface area contributed by atoms with E-state index in [2.05, 4.69) is 36.3 Å². The van der Waals surface area contributed by atoms with E-state index in [4.69, 9.17) is 9.84 Å². The lowest BCUT2D eigenvalue weighted by molar-refractivity contribution is -0.0814. The molecule has 0 aromatic carbocycles. The lowest BCUT2D eigenvalue weighted by atomic mass is 9.78. The molecule has 3 heterocycles. The maximum Gasteiger partial charge on any atom is 0.178 e. The fourth-order valence-electron chi connectivity index (χ4n) is 3.74. The van der Waals surface area contributed by atoms with E-state index in [0.29, 0.717) is 17.9 Å². The third-order valence-corrected chi connectivity index (χ3v) is 5.07. The van der Waals surface area contributed by atoms with Crippen LogP contribution >= 0.6 is 0 Å². The van der Waals surface area contributed by atoms with Crippen LogP contribution in [0.2, 0.25) is 0 Å². The van der Waals surface area contributed by atoms with Gasteiger partial charge in [0.2, 0.25) is 0 Å². The van der Waals surface area contributed by atoms with E-state index >= 15 is 0 Å². The van der Waals surface area contributed by atoms with Gasteiger partial charge < -0.3 is 10.1 Å². The van der Waals surface area contributed by atoms with Crippen molar-refractivity contribution in [1.29, 1.82) is 0 Å². The molecule has 1 aliphatic carbocycles. The first-order valence-corrected chi connectivity index (χ1v) is 9.10. The smallest absolute Gasteiger partial charge is 0.178 e. The van der Waals surface area contributed by atoms with Crippen LogP contribution in [0.25, 0.3) is 5.65 Å². The molecule has 6 heteroatoms. The molecule has 1 saturated heterocycles. The largest absolute Gasteiger partial charge is 0.377 e. The standard InChI is InChI=1S/C18H27N5O/c1-18(2,3)16-13(5-4-10-24-16)11-19-14-8-9-15-20-21-17(12-6-7-12)23(15)22-14/h8-9,12-13,16H,4-7,10-11H2,1-3H3,(H,19,22)/t13-,16-/m1/s1. The third-order valence-electron chi connectivity index (χ3n) is 5.07. The van der Waals surface area contributed by atoms with Gasteiger partial charge in [0, 0.05) is 25.0 Å². The van der Waals surface area contributed by atoms with Crippen molar-refractivity contribution in [2.24, 2.45) is 11.3 Å². The molecule has 0 radical (unpaired) electrons. The molecule has 0 amide bonds. The predicted molar refractivity (Wildman–Crippen MR) is 93.2 cm³/mol. The van der Waals surface area contributed by atoms with Crippen molar-refractivity contribution in [3.05, 3.63) is 18.0 Å². The lowest BCUT2D eigenvalue weighted by Gasteiger charge is -2.40. The van der Waals surface area contributed by atoms with Gasteiger partial charge in [-0.3, -0.25) is 0 Å². The van der Waals surface area contributed by atoms with Crippen molar-refractivity contribution in [2.75, 3.05) is 18.5 Å². The average molecular weight is 329 g/mol. The molecule has 2 aromatic heterocycles. The summed E-state index contributed by atoms with van der Waals surface area (Å²) >= 11 is 0. The quantitative estimate of drug-likeness (QED) is 0.933. The highest BCUT2D eigenvalue weighted by atomic mass is 16.5. The Kier molecular flexibility index (Phi) is 3.95. The van der Waals surface area contributed by atoms with Crippen molar-refractivity contribution < 1.29 is 4.74 Å². The summed E-state index contributed by atoms with van der Waals surface area (Å²) < 4.78 is 7.98. The first-order valence-electron chi connectivity index (χ1n) is 9.10. The van der Waals surface area contributed by atoms with Crippen LogP contribution < -0.4 is 5.32 Å². The highest BCUT2D eigenvalue weighted by Crippen LogP contribution is 2.38. The van der Waals surface area contributed by atoms with Crippen molar-refractivity contribution in [3.63, 3.8) is 0 Å². The Hall–Kier alpha value is -1.69. The van der Waals surface area contributed by atoms with Gasteiger partial charge in [-0.2, -0.15) is 4.52 Å². The zero-order chi connectivity index (χ0) is 16.7. The van der Waals surface area contributed by atoms with Crippen molar-refractivity contribution in [3.8, 4) is 0 Å². The molecule has 0 spiro atoms. The maximum atomic E-state index is 6.07. The zero-order valence-electron chi connectivity index (χ0n) is 14.8. The van der Waals surface area contributed by atoms with E-state index in [1.165, 1.54) is 19.3 Å². The molecule has 24 heavy (non-hydrogen) atoms. The molecule has 2 aromatic rings. The molecule has 2 atom stereocenters. The minimum Gasteiger partial charge on any atom is -0.377 e. The van der Waals surface area contributed by atoms with E-state index in [0.717, 1.165) is 36.9 Å². The molecule has 2 fully saturated rings. The molecule has 0 bridgehead atoms. The summed E-state index contributed by atoms with van der Waals surface area (Å²) in [6.07, 6.45) is 5.04. The monoisotopic (exact) mass is 329 g/mol. The fourth-order valence-corrected chi connectivity index (χ4v) is 3.74. The van der Waals surface area contributed by atoms with Gasteiger partial charge in [-0.25, -0.2) is 0 Å². The van der Waals surface area contributed by atoms with Gasteiger partial charge >= 0.3 is 0 Å². The number of nitrogens with zero attached hydrogens (tertiary/aromatic N) is 4. The average Bonchev–Trinajstić information content (AvgIpc) is 3.32. The van der Waals surface area contributed by atoms with Crippen LogP contribution in [0.4, 0.5) is 5.82 Å². The number of ether oxygens (including phenoxy) is 1. The Morgan fingerprint density at radius 3 is 2.79 bits per heavy atom. The van der Waals surface area contributed by atoms with Crippen molar-refractivity contribution in [1.82, 2.24) is 19.8 Å². The van der Waals surface area contributed by atoms with Crippen LogP contribution in [0.1, 0.15) is 58.2 Å². The minimum absolute atomic E-state index is 0.164. The number of anilines is 1. The Bertz CT molecular complexity index is 716. The van der Waals surface area contributed by atoms with Gasteiger partial charge in [-0.1, -0.05) is 20.8 Å². The maximum absolute atomic E-state index is 6.07. The number of rotatable bonds is 4. The second-order valence-corrected chi connectivity index (χ2v) is 8.26. The van der Waals surface area contributed by atoms with Gasteiger partial charge in [0.05, 0.1) is 6.10 Å². The van der Waals surface area contributed by atoms with Crippen LogP contribution in [-0.4, -0.2) is 39.1 Å². The topological polar surface area (TPSA) is 64.3 Å². The Morgan fingerprint density at radius 1 is 1.21 bits per heavy atom. The van der Waals surface area contributed by atoms with Gasteiger partial charge in [0.15, 0.2) is 11.5 Å². The number of aromatic nitrogens is 4. The summed E-state index contributed by atoms with van der Waals surface area (Å²) in [5.41, 5.74) is 0.994. The molecule has 4 rings (SSSR count). The SMILES string of the molecule is CC(C)(C)[C@@H]1OCCC[C@@H]1CNc1ccc2nnc(C3CC3)n2n1. The van der Waals surface area contributed by atoms with Crippen LogP contribution in [-0.2, 0) is 4.74 Å². The summed E-state index contributed by atoms with van der Waals surface area (Å²) in [4.78, 5) is 0. The van der Waals surface area contributed by atoms with Gasteiger partial charge in [-0.15, -0.1) is 15.3 Å². The van der Waals surface area contributed by atoms with Crippen molar-refractivity contribution in [2.45, 2.75) is 58.5 Å². The van der Waals surface area contributed by atoms with Gasteiger partial charge in [-0.05, 0) is 43.2 Å². The number of hydrogen-bond acceptors (Lipinski definition) is 5. The van der Waals surface area contributed by atoms with Crippen molar-refractivity contribution >= 4 is 11.5 Å². The molecule has 1 saturated carbocycles. The second-order valence-electron chi connectivity index (χ2n) is 8.26. The Morgan fingerprint density at radius 2 is 2.04 bits per heavy atom. The molecule has 130 valence electrons. The summed E-state index contributed by atoms with van der Waals surface area (Å²) in [5.74, 6) is 2.95. The molecular formula is C18H27N5O. The highest BCUT2D eigenvalue weighted by molar-refractivity contribution is 5.44. The summed E-state index contributed by atoms with van der Waals surface area (Å²) in [6, 6.07) is 3.99. The Balaban J connectivity index is 1.48. The predicted octanol–water partition coefficient (Wildman–Crippen LogP) is 3.25. The molecule has 2 aliphatic rings. The first-order chi connectivity index (χ1) is 11.5. The normalized spacial score (nSPS) is 25.1. The zero-order valence-corrected chi connectivity index (χ0v) is 14.8. The van der Waals surface area contributed by atoms with Crippen LogP contribution in [0, 0.1) is 11.3 Å². The molecule has 6 nitrogen and oxygen atoms in total. The minimum atomic E-state index is 0.164. The highest BCUT2D eigenvalue weighted by Gasteiger charge is 2.35. The molecule has 1 aliphatic heterocycles. The lowest BCUT2D eigenvalue weighted by Crippen LogP contribution is -2.42. The van der Waals surface area contributed by atoms with E-state index in [1.807, 2.05) is 16.6 Å². The van der Waals surface area contributed by atoms with E-state index in [-0.39, 0.29) is 5.41 Å². The summed E-state index contributed by atoms with van der Waals surface area (Å²) in [6.45, 7) is 8.56. The molecule has 1 N–H and O–H groups in total. The molecular weight excluding hydrogens is 302 g/mol. The van der Waals surface area contributed by atoms with E-state index < -0.39 is 0 Å². The number of nitrogens with one attached hydrogen (secondary N) is 1. The number of fused-ring (bicyclic) bond motifs is 1. The van der Waals surface area contributed by atoms with Gasteiger partial charge in [0.25, 0.3) is 0 Å². The summed E-state index contributed by atoms with van der Waals surface area (Å²) in [7, 11) is 0. The van der Waals surface area contributed by atoms with Gasteiger partial charge in [0.1, 0.15) is 5.82 Å².